The van der Waals surface area contributed by atoms with E-state index in [4.69, 9.17) is 0 Å². The minimum absolute atomic E-state index is 0.162. The summed E-state index contributed by atoms with van der Waals surface area (Å²) in [6, 6.07) is 6.69. The van der Waals surface area contributed by atoms with Gasteiger partial charge < -0.3 is 5.32 Å². The lowest BCUT2D eigenvalue weighted by Gasteiger charge is -2.02. The second kappa shape index (κ2) is 5.70. The summed E-state index contributed by atoms with van der Waals surface area (Å²) in [6.07, 6.45) is 2.13. The molecular weight excluding hydrogens is 165 g/mol. The summed E-state index contributed by atoms with van der Waals surface area (Å²) < 4.78 is 12.5. The van der Waals surface area contributed by atoms with Crippen LogP contribution in [0.4, 0.5) is 4.39 Å². The van der Waals surface area contributed by atoms with Gasteiger partial charge in [-0.3, -0.25) is 0 Å². The molecule has 1 N–H and O–H groups in total. The van der Waals surface area contributed by atoms with Crippen LogP contribution in [0.1, 0.15) is 18.9 Å². The van der Waals surface area contributed by atoms with Crippen LogP contribution in [0.25, 0.3) is 0 Å². The van der Waals surface area contributed by atoms with Crippen LogP contribution in [0, 0.1) is 5.82 Å². The van der Waals surface area contributed by atoms with Crippen molar-refractivity contribution >= 4 is 0 Å². The molecule has 0 spiro atoms. The minimum Gasteiger partial charge on any atom is -0.316 e. The normalized spacial score (nSPS) is 10.3. The molecule has 0 aromatic heterocycles. The van der Waals surface area contributed by atoms with Crippen molar-refractivity contribution < 1.29 is 4.39 Å². The Bertz CT molecular complexity index is 230. The van der Waals surface area contributed by atoms with Gasteiger partial charge in [0, 0.05) is 0 Å². The first-order valence-electron chi connectivity index (χ1n) is 4.78. The van der Waals surface area contributed by atoms with Crippen molar-refractivity contribution in [3.63, 3.8) is 0 Å². The minimum atomic E-state index is -0.162. The molecule has 0 aliphatic carbocycles. The van der Waals surface area contributed by atoms with Crippen LogP contribution >= 0.6 is 0 Å². The maximum atomic E-state index is 12.5. The summed E-state index contributed by atoms with van der Waals surface area (Å²) in [5, 5.41) is 3.30. The van der Waals surface area contributed by atoms with Crippen LogP contribution in [0.3, 0.4) is 0 Å². The SMILES string of the molecule is CCCNCCc1ccc(F)cc1. The highest BCUT2D eigenvalue weighted by Gasteiger charge is 1.92. The average molecular weight is 181 g/mol. The first-order valence-corrected chi connectivity index (χ1v) is 4.78. The Morgan fingerprint density at radius 1 is 1.15 bits per heavy atom. The van der Waals surface area contributed by atoms with Crippen LogP contribution < -0.4 is 5.32 Å². The van der Waals surface area contributed by atoms with Crippen LogP contribution in [-0.4, -0.2) is 13.1 Å². The van der Waals surface area contributed by atoms with Gasteiger partial charge in [0.2, 0.25) is 0 Å². The largest absolute Gasteiger partial charge is 0.316 e. The molecule has 1 rings (SSSR count). The van der Waals surface area contributed by atoms with E-state index in [-0.39, 0.29) is 5.82 Å². The summed E-state index contributed by atoms with van der Waals surface area (Å²) in [7, 11) is 0. The number of hydrogen-bond donors (Lipinski definition) is 1. The third-order valence-electron chi connectivity index (χ3n) is 1.93. The van der Waals surface area contributed by atoms with E-state index in [1.807, 2.05) is 12.1 Å². The quantitative estimate of drug-likeness (QED) is 0.688. The molecule has 0 atom stereocenters. The van der Waals surface area contributed by atoms with Crippen LogP contribution in [-0.2, 0) is 6.42 Å². The lowest BCUT2D eigenvalue weighted by molar-refractivity contribution is 0.625. The third kappa shape index (κ3) is 4.04. The predicted molar refractivity (Wildman–Crippen MR) is 53.3 cm³/mol. The van der Waals surface area contributed by atoms with E-state index in [1.165, 1.54) is 17.7 Å². The van der Waals surface area contributed by atoms with Gasteiger partial charge in [-0.15, -0.1) is 0 Å². The van der Waals surface area contributed by atoms with Crippen molar-refractivity contribution in [3.05, 3.63) is 35.6 Å². The lowest BCUT2D eigenvalue weighted by atomic mass is 10.1. The Morgan fingerprint density at radius 3 is 2.46 bits per heavy atom. The molecular formula is C11H16FN. The first-order chi connectivity index (χ1) is 6.33. The smallest absolute Gasteiger partial charge is 0.123 e. The van der Waals surface area contributed by atoms with Crippen molar-refractivity contribution in [3.8, 4) is 0 Å². The molecule has 72 valence electrons. The number of halogens is 1. The Hall–Kier alpha value is -0.890. The zero-order chi connectivity index (χ0) is 9.52. The lowest BCUT2D eigenvalue weighted by Crippen LogP contribution is -2.17. The number of hydrogen-bond acceptors (Lipinski definition) is 1. The van der Waals surface area contributed by atoms with Gasteiger partial charge in [0.25, 0.3) is 0 Å². The van der Waals surface area contributed by atoms with Crippen molar-refractivity contribution in [2.75, 3.05) is 13.1 Å². The van der Waals surface area contributed by atoms with E-state index in [0.717, 1.165) is 25.9 Å². The molecule has 0 amide bonds. The Kier molecular flexibility index (Phi) is 4.47. The third-order valence-corrected chi connectivity index (χ3v) is 1.93. The monoisotopic (exact) mass is 181 g/mol. The molecule has 0 fully saturated rings. The van der Waals surface area contributed by atoms with Crippen LogP contribution in [0.5, 0.6) is 0 Å². The molecule has 0 heterocycles. The van der Waals surface area contributed by atoms with Gasteiger partial charge in [0.05, 0.1) is 0 Å². The molecule has 1 nitrogen and oxygen atoms in total. The van der Waals surface area contributed by atoms with E-state index in [2.05, 4.69) is 12.2 Å². The molecule has 1 aromatic rings. The molecule has 0 aliphatic heterocycles. The molecule has 1 aromatic carbocycles. The molecule has 0 radical (unpaired) electrons. The van der Waals surface area contributed by atoms with Crippen molar-refractivity contribution in [1.82, 2.24) is 5.32 Å². The highest BCUT2D eigenvalue weighted by atomic mass is 19.1. The summed E-state index contributed by atoms with van der Waals surface area (Å²) in [6.45, 7) is 4.17. The molecule has 0 saturated carbocycles. The predicted octanol–water partition coefficient (Wildman–Crippen LogP) is 2.37. The summed E-state index contributed by atoms with van der Waals surface area (Å²) in [5.41, 5.74) is 1.19. The average Bonchev–Trinajstić information content (AvgIpc) is 2.15. The maximum absolute atomic E-state index is 12.5. The zero-order valence-electron chi connectivity index (χ0n) is 8.02. The van der Waals surface area contributed by atoms with Gasteiger partial charge in [-0.25, -0.2) is 4.39 Å². The Morgan fingerprint density at radius 2 is 1.85 bits per heavy atom. The Labute approximate surface area is 79.0 Å². The molecule has 0 unspecified atom stereocenters. The molecule has 0 aliphatic rings. The van der Waals surface area contributed by atoms with Crippen molar-refractivity contribution in [1.29, 1.82) is 0 Å². The maximum Gasteiger partial charge on any atom is 0.123 e. The molecule has 2 heteroatoms. The standard InChI is InChI=1S/C11H16FN/c1-2-8-13-9-7-10-3-5-11(12)6-4-10/h3-6,13H,2,7-9H2,1H3. The van der Waals surface area contributed by atoms with Gasteiger partial charge in [-0.1, -0.05) is 19.1 Å². The second-order valence-corrected chi connectivity index (χ2v) is 3.13. The molecule has 0 bridgehead atoms. The fourth-order valence-electron chi connectivity index (χ4n) is 1.19. The van der Waals surface area contributed by atoms with E-state index in [9.17, 15) is 4.39 Å². The Balaban J connectivity index is 2.25. The van der Waals surface area contributed by atoms with Gasteiger partial charge in [0.1, 0.15) is 5.82 Å². The molecule has 13 heavy (non-hydrogen) atoms. The van der Waals surface area contributed by atoms with E-state index < -0.39 is 0 Å². The van der Waals surface area contributed by atoms with Crippen molar-refractivity contribution in [2.45, 2.75) is 19.8 Å². The second-order valence-electron chi connectivity index (χ2n) is 3.13. The highest BCUT2D eigenvalue weighted by Crippen LogP contribution is 2.02. The van der Waals surface area contributed by atoms with Crippen LogP contribution in [0.2, 0.25) is 0 Å². The number of nitrogens with one attached hydrogen (secondary N) is 1. The van der Waals surface area contributed by atoms with Crippen LogP contribution in [0.15, 0.2) is 24.3 Å². The fraction of sp³-hybridized carbons (Fsp3) is 0.455. The molecule has 0 saturated heterocycles. The van der Waals surface area contributed by atoms with Gasteiger partial charge in [-0.2, -0.15) is 0 Å². The zero-order valence-corrected chi connectivity index (χ0v) is 8.02. The van der Waals surface area contributed by atoms with E-state index in [0.29, 0.717) is 0 Å². The van der Waals surface area contributed by atoms with E-state index >= 15 is 0 Å². The topological polar surface area (TPSA) is 12.0 Å². The van der Waals surface area contributed by atoms with Crippen molar-refractivity contribution in [2.24, 2.45) is 0 Å². The van der Waals surface area contributed by atoms with Gasteiger partial charge in [0.15, 0.2) is 0 Å². The van der Waals surface area contributed by atoms with Gasteiger partial charge >= 0.3 is 0 Å². The van der Waals surface area contributed by atoms with E-state index in [1.54, 1.807) is 0 Å². The summed E-state index contributed by atoms with van der Waals surface area (Å²) >= 11 is 0. The summed E-state index contributed by atoms with van der Waals surface area (Å²) in [4.78, 5) is 0. The number of rotatable bonds is 5. The number of benzene rings is 1. The van der Waals surface area contributed by atoms with Gasteiger partial charge in [-0.05, 0) is 43.6 Å². The fourth-order valence-corrected chi connectivity index (χ4v) is 1.19. The first kappa shape index (κ1) is 10.2. The summed E-state index contributed by atoms with van der Waals surface area (Å²) in [5.74, 6) is -0.162. The highest BCUT2D eigenvalue weighted by molar-refractivity contribution is 5.16.